The first-order valence-electron chi connectivity index (χ1n) is 5.47. The minimum atomic E-state index is -4.58. The van der Waals surface area contributed by atoms with Crippen molar-refractivity contribution in [2.45, 2.75) is 4.90 Å². The van der Waals surface area contributed by atoms with Gasteiger partial charge >= 0.3 is 0 Å². The Morgan fingerprint density at radius 3 is 2.35 bits per heavy atom. The largest absolute Gasteiger partial charge is 0.491 e. The molecule has 0 saturated heterocycles. The highest BCUT2D eigenvalue weighted by Crippen LogP contribution is 2.29. The molecule has 10 heteroatoms. The Morgan fingerprint density at radius 1 is 1.15 bits per heavy atom. The number of hydrogen-bond acceptors (Lipinski definition) is 7. The number of benzene rings is 1. The molecule has 20 heavy (non-hydrogen) atoms. The monoisotopic (exact) mass is 325 g/mol. The van der Waals surface area contributed by atoms with Crippen LogP contribution in [0.5, 0.6) is 5.75 Å². The molecule has 0 atom stereocenters. The van der Waals surface area contributed by atoms with Gasteiger partial charge in [-0.3, -0.25) is 4.55 Å². The summed E-state index contributed by atoms with van der Waals surface area (Å²) in [6.07, 6.45) is 0. The molecule has 1 aromatic rings. The maximum atomic E-state index is 11.3. The number of anilines is 1. The average molecular weight is 325 g/mol. The van der Waals surface area contributed by atoms with Crippen LogP contribution in [-0.2, 0) is 20.0 Å². The highest BCUT2D eigenvalue weighted by molar-refractivity contribution is 7.91. The fraction of sp³-hybridized carbons (Fsp3) is 0.400. The second-order valence-electron chi connectivity index (χ2n) is 3.87. The van der Waals surface area contributed by atoms with Crippen molar-refractivity contribution in [3.63, 3.8) is 0 Å². The van der Waals surface area contributed by atoms with Gasteiger partial charge in [0.05, 0.1) is 23.8 Å². The highest BCUT2D eigenvalue weighted by atomic mass is 32.2. The van der Waals surface area contributed by atoms with E-state index in [9.17, 15) is 16.8 Å². The van der Waals surface area contributed by atoms with Gasteiger partial charge in [0.25, 0.3) is 10.1 Å². The summed E-state index contributed by atoms with van der Waals surface area (Å²) in [7, 11) is -8.06. The molecule has 0 aromatic heterocycles. The van der Waals surface area contributed by atoms with Crippen LogP contribution in [0.2, 0.25) is 0 Å². The molecule has 0 radical (unpaired) electrons. The Kier molecular flexibility index (Phi) is 5.34. The number of rotatable bonds is 7. The predicted molar refractivity (Wildman–Crippen MR) is 71.9 cm³/mol. The van der Waals surface area contributed by atoms with Crippen LogP contribution in [0, 0.1) is 0 Å². The Hall–Kier alpha value is -1.36. The molecule has 0 aliphatic carbocycles. The van der Waals surface area contributed by atoms with Crippen molar-refractivity contribution in [2.75, 3.05) is 30.5 Å². The topological polar surface area (TPSA) is 144 Å². The van der Waals surface area contributed by atoms with Gasteiger partial charge in [-0.1, -0.05) is 6.07 Å². The summed E-state index contributed by atoms with van der Waals surface area (Å²) in [5.41, 5.74) is 5.24. The van der Waals surface area contributed by atoms with Crippen LogP contribution in [0.1, 0.15) is 0 Å². The summed E-state index contributed by atoms with van der Waals surface area (Å²) in [4.78, 5) is -0.598. The summed E-state index contributed by atoms with van der Waals surface area (Å²) in [6, 6.07) is 3.91. The number of nitrogen functional groups attached to an aromatic ring is 1. The smallest absolute Gasteiger partial charge is 0.300 e. The second kappa shape index (κ2) is 6.39. The SMILES string of the molecule is Nc1cccc(OCCS(=O)(=O)CCO)c1S(=O)(=O)O. The molecule has 1 aromatic carbocycles. The third-order valence-corrected chi connectivity index (χ3v) is 4.87. The van der Waals surface area contributed by atoms with E-state index in [1.165, 1.54) is 18.2 Å². The Balaban J connectivity index is 2.88. The molecule has 4 N–H and O–H groups in total. The molecule has 114 valence electrons. The first-order valence-corrected chi connectivity index (χ1v) is 8.73. The molecular formula is C10H15NO7S2. The van der Waals surface area contributed by atoms with Crippen molar-refractivity contribution in [2.24, 2.45) is 0 Å². The molecule has 0 aliphatic heterocycles. The van der Waals surface area contributed by atoms with Gasteiger partial charge in [0.15, 0.2) is 14.7 Å². The lowest BCUT2D eigenvalue weighted by Crippen LogP contribution is -2.19. The third-order valence-electron chi connectivity index (χ3n) is 2.32. The Labute approximate surface area is 116 Å². The van der Waals surface area contributed by atoms with Crippen LogP contribution in [0.4, 0.5) is 5.69 Å². The van der Waals surface area contributed by atoms with E-state index >= 15 is 0 Å². The van der Waals surface area contributed by atoms with Gasteiger partial charge in [-0.15, -0.1) is 0 Å². The van der Waals surface area contributed by atoms with Crippen LogP contribution in [0.15, 0.2) is 23.1 Å². The number of hydrogen-bond donors (Lipinski definition) is 3. The zero-order valence-corrected chi connectivity index (χ0v) is 12.0. The van der Waals surface area contributed by atoms with Crippen molar-refractivity contribution >= 4 is 25.6 Å². The van der Waals surface area contributed by atoms with E-state index in [4.69, 9.17) is 20.1 Å². The summed E-state index contributed by atoms with van der Waals surface area (Å²) in [6.45, 7) is -0.828. The van der Waals surface area contributed by atoms with Gasteiger partial charge in [-0.2, -0.15) is 8.42 Å². The van der Waals surface area contributed by atoms with Crippen LogP contribution < -0.4 is 10.5 Å². The first-order chi connectivity index (χ1) is 9.17. The lowest BCUT2D eigenvalue weighted by atomic mass is 10.3. The van der Waals surface area contributed by atoms with Crippen molar-refractivity contribution in [3.8, 4) is 5.75 Å². The zero-order chi connectivity index (χ0) is 15.4. The molecule has 0 spiro atoms. The summed E-state index contributed by atoms with van der Waals surface area (Å²) < 4.78 is 59.1. The van der Waals surface area contributed by atoms with E-state index in [0.29, 0.717) is 0 Å². The van der Waals surface area contributed by atoms with E-state index in [0.717, 1.165) is 0 Å². The standard InChI is InChI=1S/C10H15NO7S2/c11-8-2-1-3-9(10(8)20(15,16)17)18-5-7-19(13,14)6-4-12/h1-3,12H,4-7,11H2,(H,15,16,17). The third kappa shape index (κ3) is 4.63. The summed E-state index contributed by atoms with van der Waals surface area (Å²) in [5.74, 6) is -1.03. The molecule has 1 rings (SSSR count). The summed E-state index contributed by atoms with van der Waals surface area (Å²) >= 11 is 0. The van der Waals surface area contributed by atoms with Crippen molar-refractivity contribution in [1.29, 1.82) is 0 Å². The minimum absolute atomic E-state index is 0.205. The summed E-state index contributed by atoms with van der Waals surface area (Å²) in [5, 5.41) is 8.56. The number of sulfone groups is 1. The van der Waals surface area contributed by atoms with Gasteiger partial charge in [0.2, 0.25) is 0 Å². The fourth-order valence-electron chi connectivity index (χ4n) is 1.44. The highest BCUT2D eigenvalue weighted by Gasteiger charge is 2.20. The van der Waals surface area contributed by atoms with Crippen LogP contribution >= 0.6 is 0 Å². The lowest BCUT2D eigenvalue weighted by Gasteiger charge is -2.11. The van der Waals surface area contributed by atoms with Crippen molar-refractivity contribution < 1.29 is 31.2 Å². The number of aliphatic hydroxyl groups excluding tert-OH is 1. The van der Waals surface area contributed by atoms with Gasteiger partial charge in [-0.25, -0.2) is 8.42 Å². The van der Waals surface area contributed by atoms with E-state index in [-0.39, 0.29) is 18.0 Å². The van der Waals surface area contributed by atoms with Gasteiger partial charge in [-0.05, 0) is 12.1 Å². The fourth-order valence-corrected chi connectivity index (χ4v) is 3.01. The molecule has 0 aliphatic rings. The number of ether oxygens (including phenoxy) is 1. The first kappa shape index (κ1) is 16.7. The van der Waals surface area contributed by atoms with E-state index < -0.39 is 43.0 Å². The van der Waals surface area contributed by atoms with E-state index in [1.54, 1.807) is 0 Å². The molecule has 0 unspecified atom stereocenters. The minimum Gasteiger partial charge on any atom is -0.491 e. The van der Waals surface area contributed by atoms with Crippen molar-refractivity contribution in [3.05, 3.63) is 18.2 Å². The van der Waals surface area contributed by atoms with Crippen molar-refractivity contribution in [1.82, 2.24) is 0 Å². The molecule has 0 fully saturated rings. The van der Waals surface area contributed by atoms with Gasteiger partial charge in [0, 0.05) is 0 Å². The Bertz CT molecular complexity index is 667. The maximum absolute atomic E-state index is 11.3. The zero-order valence-electron chi connectivity index (χ0n) is 10.4. The Morgan fingerprint density at radius 2 is 1.80 bits per heavy atom. The molecule has 0 saturated carbocycles. The van der Waals surface area contributed by atoms with Crippen LogP contribution in [-0.4, -0.2) is 51.2 Å². The molecule has 0 amide bonds. The van der Waals surface area contributed by atoms with Crippen LogP contribution in [0.3, 0.4) is 0 Å². The van der Waals surface area contributed by atoms with E-state index in [1.807, 2.05) is 0 Å². The van der Waals surface area contributed by atoms with E-state index in [2.05, 4.69) is 0 Å². The molecule has 0 heterocycles. The molecule has 8 nitrogen and oxygen atoms in total. The maximum Gasteiger partial charge on any atom is 0.300 e. The normalized spacial score (nSPS) is 12.3. The van der Waals surface area contributed by atoms with Gasteiger partial charge in [0.1, 0.15) is 12.4 Å². The predicted octanol–water partition coefficient (Wildman–Crippen LogP) is -0.699. The quantitative estimate of drug-likeness (QED) is 0.441. The number of nitrogens with two attached hydrogens (primary N) is 1. The lowest BCUT2D eigenvalue weighted by molar-refractivity contribution is 0.316. The average Bonchev–Trinajstić information content (AvgIpc) is 2.26. The molecule has 0 bridgehead atoms. The van der Waals surface area contributed by atoms with Crippen LogP contribution in [0.25, 0.3) is 0 Å². The number of aliphatic hydroxyl groups is 1. The van der Waals surface area contributed by atoms with Gasteiger partial charge < -0.3 is 15.6 Å². The molecular weight excluding hydrogens is 310 g/mol. The second-order valence-corrected chi connectivity index (χ2v) is 7.54.